The van der Waals surface area contributed by atoms with Crippen LogP contribution in [-0.2, 0) is 9.59 Å². The van der Waals surface area contributed by atoms with Gasteiger partial charge in [-0.3, -0.25) is 9.59 Å². The second kappa shape index (κ2) is 8.74. The van der Waals surface area contributed by atoms with Gasteiger partial charge in [0, 0.05) is 32.2 Å². The molecule has 10 nitrogen and oxygen atoms in total. The standard InChI is InChI=1S/C19H24N6O4/c1-13-11-17(25(22-13)14-5-3-2-4-6-14)29-19(28)24-9-7-23(8-10-24)18(27)15(20)12-16(21)26/h2-6,11,15H,7-10,12,20H2,1H3,(H2,21,26)/t15-/m0/s1. The number of primary amides is 1. The minimum Gasteiger partial charge on any atom is -0.391 e. The zero-order valence-electron chi connectivity index (χ0n) is 16.2. The Morgan fingerprint density at radius 2 is 1.72 bits per heavy atom. The normalized spacial score (nSPS) is 15.1. The summed E-state index contributed by atoms with van der Waals surface area (Å²) in [5.74, 6) is -0.659. The van der Waals surface area contributed by atoms with Gasteiger partial charge in [-0.1, -0.05) is 18.2 Å². The van der Waals surface area contributed by atoms with Crippen LogP contribution in [0.25, 0.3) is 5.69 Å². The molecule has 1 fully saturated rings. The first-order valence-corrected chi connectivity index (χ1v) is 9.26. The summed E-state index contributed by atoms with van der Waals surface area (Å²) < 4.78 is 7.12. The number of carbonyl (C=O) groups excluding carboxylic acids is 3. The van der Waals surface area contributed by atoms with Crippen molar-refractivity contribution in [1.29, 1.82) is 0 Å². The fourth-order valence-electron chi connectivity index (χ4n) is 3.10. The summed E-state index contributed by atoms with van der Waals surface area (Å²) in [5.41, 5.74) is 12.3. The van der Waals surface area contributed by atoms with E-state index in [1.165, 1.54) is 9.80 Å². The molecule has 4 N–H and O–H groups in total. The van der Waals surface area contributed by atoms with Crippen molar-refractivity contribution in [3.63, 3.8) is 0 Å². The second-order valence-electron chi connectivity index (χ2n) is 6.83. The van der Waals surface area contributed by atoms with Crippen molar-refractivity contribution in [2.45, 2.75) is 19.4 Å². The van der Waals surface area contributed by atoms with E-state index in [4.69, 9.17) is 16.2 Å². The lowest BCUT2D eigenvalue weighted by Crippen LogP contribution is -2.55. The van der Waals surface area contributed by atoms with Crippen molar-refractivity contribution < 1.29 is 19.1 Å². The van der Waals surface area contributed by atoms with Gasteiger partial charge in [0.2, 0.25) is 17.7 Å². The van der Waals surface area contributed by atoms with Gasteiger partial charge in [-0.25, -0.2) is 9.48 Å². The van der Waals surface area contributed by atoms with Crippen molar-refractivity contribution >= 4 is 17.9 Å². The van der Waals surface area contributed by atoms with E-state index >= 15 is 0 Å². The minimum absolute atomic E-state index is 0.204. The number of hydrogen-bond donors (Lipinski definition) is 2. The Bertz CT molecular complexity index is 889. The third-order valence-electron chi connectivity index (χ3n) is 4.58. The molecule has 1 aromatic carbocycles. The monoisotopic (exact) mass is 400 g/mol. The molecule has 0 spiro atoms. The number of rotatable bonds is 5. The molecule has 3 rings (SSSR count). The molecule has 0 aliphatic carbocycles. The number of ether oxygens (including phenoxy) is 1. The van der Waals surface area contributed by atoms with Crippen LogP contribution in [0.2, 0.25) is 0 Å². The Morgan fingerprint density at radius 3 is 2.34 bits per heavy atom. The first-order valence-electron chi connectivity index (χ1n) is 9.26. The maximum Gasteiger partial charge on any atom is 0.416 e. The van der Waals surface area contributed by atoms with E-state index in [0.29, 0.717) is 32.1 Å². The van der Waals surface area contributed by atoms with Crippen LogP contribution in [0.4, 0.5) is 4.79 Å². The lowest BCUT2D eigenvalue weighted by atomic mass is 10.1. The molecule has 1 aromatic heterocycles. The molecule has 1 aliphatic heterocycles. The number of nitrogens with two attached hydrogens (primary N) is 2. The molecule has 2 aromatic rings. The molecule has 0 bridgehead atoms. The Labute approximate surface area is 168 Å². The summed E-state index contributed by atoms with van der Waals surface area (Å²) in [5, 5.41) is 4.37. The molecule has 0 saturated carbocycles. The maximum atomic E-state index is 12.6. The van der Waals surface area contributed by atoms with Gasteiger partial charge in [-0.2, -0.15) is 5.10 Å². The summed E-state index contributed by atoms with van der Waals surface area (Å²) >= 11 is 0. The molecule has 154 valence electrons. The number of piperazine rings is 1. The summed E-state index contributed by atoms with van der Waals surface area (Å²) in [7, 11) is 0. The van der Waals surface area contributed by atoms with E-state index in [2.05, 4.69) is 5.10 Å². The molecular weight excluding hydrogens is 376 g/mol. The van der Waals surface area contributed by atoms with E-state index in [1.54, 1.807) is 10.7 Å². The number of carbonyl (C=O) groups is 3. The number of hydrogen-bond acceptors (Lipinski definition) is 6. The number of para-hydroxylation sites is 1. The van der Waals surface area contributed by atoms with Crippen molar-refractivity contribution in [2.24, 2.45) is 11.5 Å². The molecule has 3 amide bonds. The van der Waals surface area contributed by atoms with Crippen LogP contribution in [0, 0.1) is 6.92 Å². The quantitative estimate of drug-likeness (QED) is 0.726. The second-order valence-corrected chi connectivity index (χ2v) is 6.83. The number of aryl methyl sites for hydroxylation is 1. The van der Waals surface area contributed by atoms with Crippen LogP contribution in [-0.4, -0.2) is 69.7 Å². The topological polar surface area (TPSA) is 137 Å². The van der Waals surface area contributed by atoms with Gasteiger partial charge in [0.15, 0.2) is 0 Å². The number of aromatic nitrogens is 2. The third-order valence-corrected chi connectivity index (χ3v) is 4.58. The molecule has 10 heteroatoms. The lowest BCUT2D eigenvalue weighted by Gasteiger charge is -2.35. The molecule has 29 heavy (non-hydrogen) atoms. The van der Waals surface area contributed by atoms with Gasteiger partial charge in [-0.05, 0) is 19.1 Å². The van der Waals surface area contributed by atoms with E-state index < -0.39 is 18.0 Å². The molecule has 1 atom stereocenters. The highest BCUT2D eigenvalue weighted by Gasteiger charge is 2.29. The first-order chi connectivity index (χ1) is 13.8. The van der Waals surface area contributed by atoms with Gasteiger partial charge in [0.05, 0.1) is 23.8 Å². The number of benzene rings is 1. The van der Waals surface area contributed by atoms with E-state index in [9.17, 15) is 14.4 Å². The highest BCUT2D eigenvalue weighted by Crippen LogP contribution is 2.20. The molecule has 1 saturated heterocycles. The Morgan fingerprint density at radius 1 is 1.10 bits per heavy atom. The summed E-state index contributed by atoms with van der Waals surface area (Å²) in [6.07, 6.45) is -0.722. The Hall–Kier alpha value is -3.40. The van der Waals surface area contributed by atoms with Crippen molar-refractivity contribution in [1.82, 2.24) is 19.6 Å². The molecule has 0 unspecified atom stereocenters. The lowest BCUT2D eigenvalue weighted by molar-refractivity contribution is -0.136. The highest BCUT2D eigenvalue weighted by atomic mass is 16.6. The van der Waals surface area contributed by atoms with Gasteiger partial charge in [-0.15, -0.1) is 0 Å². The van der Waals surface area contributed by atoms with Gasteiger partial charge < -0.3 is 26.0 Å². The summed E-state index contributed by atoms with van der Waals surface area (Å²) in [4.78, 5) is 38.8. The molecular formula is C19H24N6O4. The van der Waals surface area contributed by atoms with E-state index in [-0.39, 0.29) is 12.3 Å². The van der Waals surface area contributed by atoms with Crippen LogP contribution in [0.1, 0.15) is 12.1 Å². The fourth-order valence-corrected chi connectivity index (χ4v) is 3.10. The van der Waals surface area contributed by atoms with Crippen LogP contribution < -0.4 is 16.2 Å². The third kappa shape index (κ3) is 4.91. The first kappa shape index (κ1) is 20.3. The van der Waals surface area contributed by atoms with Gasteiger partial charge in [0.25, 0.3) is 0 Å². The fraction of sp³-hybridized carbons (Fsp3) is 0.368. The smallest absolute Gasteiger partial charge is 0.391 e. The van der Waals surface area contributed by atoms with Crippen molar-refractivity contribution in [2.75, 3.05) is 26.2 Å². The molecule has 2 heterocycles. The number of nitrogens with zero attached hydrogens (tertiary/aromatic N) is 4. The summed E-state index contributed by atoms with van der Waals surface area (Å²) in [6.45, 7) is 3.02. The SMILES string of the molecule is Cc1cc(OC(=O)N2CCN(C(=O)[C@@H](N)CC(N)=O)CC2)n(-c2ccccc2)n1. The largest absolute Gasteiger partial charge is 0.416 e. The van der Waals surface area contributed by atoms with Crippen LogP contribution in [0.15, 0.2) is 36.4 Å². The highest BCUT2D eigenvalue weighted by molar-refractivity contribution is 5.87. The molecule has 0 radical (unpaired) electrons. The zero-order valence-corrected chi connectivity index (χ0v) is 16.2. The van der Waals surface area contributed by atoms with Crippen LogP contribution in [0.5, 0.6) is 5.88 Å². The predicted octanol–water partition coefficient (Wildman–Crippen LogP) is 0.0264. The Kier molecular flexibility index (Phi) is 6.13. The molecule has 1 aliphatic rings. The minimum atomic E-state index is -0.964. The van der Waals surface area contributed by atoms with Crippen molar-refractivity contribution in [3.8, 4) is 11.6 Å². The zero-order chi connectivity index (χ0) is 21.0. The van der Waals surface area contributed by atoms with Crippen LogP contribution in [0.3, 0.4) is 0 Å². The Balaban J connectivity index is 1.60. The van der Waals surface area contributed by atoms with Gasteiger partial charge >= 0.3 is 6.09 Å². The average molecular weight is 400 g/mol. The van der Waals surface area contributed by atoms with Gasteiger partial charge in [0.1, 0.15) is 0 Å². The number of amides is 3. The van der Waals surface area contributed by atoms with Crippen LogP contribution >= 0.6 is 0 Å². The average Bonchev–Trinajstić information content (AvgIpc) is 3.07. The predicted molar refractivity (Wildman–Crippen MR) is 104 cm³/mol. The van der Waals surface area contributed by atoms with E-state index in [0.717, 1.165) is 11.4 Å². The maximum absolute atomic E-state index is 12.6. The summed E-state index contributed by atoms with van der Waals surface area (Å²) in [6, 6.07) is 10.1. The van der Waals surface area contributed by atoms with E-state index in [1.807, 2.05) is 37.3 Å². The van der Waals surface area contributed by atoms with Crippen molar-refractivity contribution in [3.05, 3.63) is 42.1 Å².